The molecule has 1 amide bonds. The van der Waals surface area contributed by atoms with Crippen LogP contribution in [0.1, 0.15) is 25.5 Å². The normalized spacial score (nSPS) is 14.8. The summed E-state index contributed by atoms with van der Waals surface area (Å²) in [7, 11) is -0.694. The number of carbonyl (C=O) groups excluding carboxylic acids is 1. The Balaban J connectivity index is 1.83. The molecular weight excluding hydrogens is 436 g/mol. The summed E-state index contributed by atoms with van der Waals surface area (Å²) in [5, 5.41) is 2.87. The van der Waals surface area contributed by atoms with Crippen LogP contribution in [0.4, 0.5) is 5.69 Å². The van der Waals surface area contributed by atoms with E-state index in [1.165, 1.54) is 14.0 Å². The van der Waals surface area contributed by atoms with E-state index in [1.807, 2.05) is 6.07 Å². The van der Waals surface area contributed by atoms with Gasteiger partial charge in [0.1, 0.15) is 19.3 Å². The van der Waals surface area contributed by atoms with Gasteiger partial charge in [-0.3, -0.25) is 9.10 Å². The monoisotopic (exact) mass is 464 g/mol. The van der Waals surface area contributed by atoms with Gasteiger partial charge in [0.15, 0.2) is 23.0 Å². The molecule has 0 saturated carbocycles. The number of hydrogen-bond acceptors (Lipinski definition) is 7. The van der Waals surface area contributed by atoms with E-state index in [1.54, 1.807) is 44.4 Å². The molecule has 0 bridgehead atoms. The summed E-state index contributed by atoms with van der Waals surface area (Å²) >= 11 is 0. The third-order valence-electron chi connectivity index (χ3n) is 5.14. The summed E-state index contributed by atoms with van der Waals surface area (Å²) in [6, 6.07) is 8.72. The van der Waals surface area contributed by atoms with Crippen molar-refractivity contribution in [1.82, 2.24) is 5.32 Å². The van der Waals surface area contributed by atoms with Crippen molar-refractivity contribution in [3.8, 4) is 23.0 Å². The average molecular weight is 465 g/mol. The summed E-state index contributed by atoms with van der Waals surface area (Å²) in [6.07, 6.45) is 1.06. The van der Waals surface area contributed by atoms with Crippen LogP contribution in [-0.4, -0.2) is 54.1 Å². The molecule has 1 aliphatic rings. The van der Waals surface area contributed by atoms with Crippen LogP contribution in [0.25, 0.3) is 0 Å². The number of fused-ring (bicyclic) bond motifs is 1. The lowest BCUT2D eigenvalue weighted by atomic mass is 10.1. The minimum absolute atomic E-state index is 0.318. The van der Waals surface area contributed by atoms with Gasteiger partial charge in [0.2, 0.25) is 15.9 Å². The minimum atomic E-state index is -3.77. The second-order valence-corrected chi connectivity index (χ2v) is 9.27. The molecule has 3 rings (SSSR count). The standard InChI is InChI=1S/C22H28N2O7S/c1-14(16-6-8-18(28-3)20(12-16)29-4)23-22(25)15(2)24(32(5,26)27)17-7-9-19-21(13-17)31-11-10-30-19/h6-9,12-15H,10-11H2,1-5H3,(H,23,25)/t14-,15-/m0/s1. The predicted molar refractivity (Wildman–Crippen MR) is 120 cm³/mol. The van der Waals surface area contributed by atoms with Crippen LogP contribution in [0.3, 0.4) is 0 Å². The lowest BCUT2D eigenvalue weighted by molar-refractivity contribution is -0.122. The number of carbonyl (C=O) groups is 1. The molecule has 0 saturated heterocycles. The Hall–Kier alpha value is -3.14. The van der Waals surface area contributed by atoms with Gasteiger partial charge in [-0.05, 0) is 43.7 Å². The van der Waals surface area contributed by atoms with Gasteiger partial charge >= 0.3 is 0 Å². The van der Waals surface area contributed by atoms with Crippen molar-refractivity contribution in [3.05, 3.63) is 42.0 Å². The van der Waals surface area contributed by atoms with Crippen molar-refractivity contribution >= 4 is 21.6 Å². The summed E-state index contributed by atoms with van der Waals surface area (Å²) in [5.74, 6) is 1.63. The molecule has 9 nitrogen and oxygen atoms in total. The minimum Gasteiger partial charge on any atom is -0.493 e. The second-order valence-electron chi connectivity index (χ2n) is 7.41. The van der Waals surface area contributed by atoms with Gasteiger partial charge < -0.3 is 24.3 Å². The molecule has 0 aromatic heterocycles. The molecule has 1 aliphatic heterocycles. The maximum Gasteiger partial charge on any atom is 0.244 e. The third kappa shape index (κ3) is 5.01. The Kier molecular flexibility index (Phi) is 7.02. The molecule has 174 valence electrons. The van der Waals surface area contributed by atoms with E-state index in [0.717, 1.165) is 16.1 Å². The first-order chi connectivity index (χ1) is 15.2. The molecule has 0 fully saturated rings. The number of rotatable bonds is 8. The molecular formula is C22H28N2O7S. The number of methoxy groups -OCH3 is 2. The van der Waals surface area contributed by atoms with Crippen LogP contribution in [0.15, 0.2) is 36.4 Å². The number of nitrogens with one attached hydrogen (secondary N) is 1. The van der Waals surface area contributed by atoms with Crippen molar-refractivity contribution in [1.29, 1.82) is 0 Å². The van der Waals surface area contributed by atoms with Gasteiger partial charge in [0.05, 0.1) is 32.2 Å². The topological polar surface area (TPSA) is 103 Å². The van der Waals surface area contributed by atoms with E-state index in [9.17, 15) is 13.2 Å². The Bertz CT molecular complexity index is 1090. The number of sulfonamides is 1. The van der Waals surface area contributed by atoms with Gasteiger partial charge in [0, 0.05) is 6.07 Å². The van der Waals surface area contributed by atoms with Crippen LogP contribution >= 0.6 is 0 Å². The van der Waals surface area contributed by atoms with Crippen molar-refractivity contribution in [3.63, 3.8) is 0 Å². The Labute approximate surface area is 188 Å². The number of hydrogen-bond donors (Lipinski definition) is 1. The van der Waals surface area contributed by atoms with Crippen molar-refractivity contribution in [2.75, 3.05) is 38.0 Å². The van der Waals surface area contributed by atoms with Gasteiger partial charge in [-0.25, -0.2) is 8.42 Å². The fraction of sp³-hybridized carbons (Fsp3) is 0.409. The largest absolute Gasteiger partial charge is 0.493 e. The van der Waals surface area contributed by atoms with Crippen molar-refractivity contribution in [2.45, 2.75) is 25.9 Å². The van der Waals surface area contributed by atoms with E-state index in [2.05, 4.69) is 5.32 Å². The maximum atomic E-state index is 13.0. The highest BCUT2D eigenvalue weighted by molar-refractivity contribution is 7.92. The summed E-state index contributed by atoms with van der Waals surface area (Å²) in [4.78, 5) is 13.0. The number of benzene rings is 2. The fourth-order valence-electron chi connectivity index (χ4n) is 3.52. The highest BCUT2D eigenvalue weighted by atomic mass is 32.2. The van der Waals surface area contributed by atoms with Gasteiger partial charge in [-0.2, -0.15) is 0 Å². The molecule has 1 heterocycles. The van der Waals surface area contributed by atoms with E-state index < -0.39 is 28.0 Å². The zero-order chi connectivity index (χ0) is 23.5. The smallest absolute Gasteiger partial charge is 0.244 e. The quantitative estimate of drug-likeness (QED) is 0.640. The lowest BCUT2D eigenvalue weighted by Gasteiger charge is -2.30. The van der Waals surface area contributed by atoms with Crippen LogP contribution in [-0.2, 0) is 14.8 Å². The molecule has 32 heavy (non-hydrogen) atoms. The lowest BCUT2D eigenvalue weighted by Crippen LogP contribution is -2.48. The number of ether oxygens (including phenoxy) is 4. The van der Waals surface area contributed by atoms with E-state index in [0.29, 0.717) is 41.9 Å². The summed E-state index contributed by atoms with van der Waals surface area (Å²) in [6.45, 7) is 4.14. The maximum absolute atomic E-state index is 13.0. The molecule has 2 aromatic rings. The van der Waals surface area contributed by atoms with Gasteiger partial charge in [0.25, 0.3) is 0 Å². The molecule has 2 atom stereocenters. The molecule has 0 radical (unpaired) electrons. The highest BCUT2D eigenvalue weighted by Gasteiger charge is 2.31. The molecule has 10 heteroatoms. The van der Waals surface area contributed by atoms with Crippen molar-refractivity contribution in [2.24, 2.45) is 0 Å². The van der Waals surface area contributed by atoms with E-state index >= 15 is 0 Å². The predicted octanol–water partition coefficient (Wildman–Crippen LogP) is 2.51. The average Bonchev–Trinajstić information content (AvgIpc) is 2.77. The van der Waals surface area contributed by atoms with Crippen LogP contribution in [0, 0.1) is 0 Å². The first kappa shape index (κ1) is 23.5. The van der Waals surface area contributed by atoms with Crippen LogP contribution in [0.5, 0.6) is 23.0 Å². The Morgan fingerprint density at radius 2 is 1.66 bits per heavy atom. The first-order valence-corrected chi connectivity index (χ1v) is 11.9. The van der Waals surface area contributed by atoms with E-state index in [-0.39, 0.29) is 0 Å². The molecule has 1 N–H and O–H groups in total. The second kappa shape index (κ2) is 9.56. The number of amides is 1. The molecule has 2 aromatic carbocycles. The van der Waals surface area contributed by atoms with Crippen molar-refractivity contribution < 1.29 is 32.2 Å². The molecule has 0 aliphatic carbocycles. The van der Waals surface area contributed by atoms with E-state index in [4.69, 9.17) is 18.9 Å². The molecule has 0 spiro atoms. The van der Waals surface area contributed by atoms with Gasteiger partial charge in [-0.15, -0.1) is 0 Å². The first-order valence-electron chi connectivity index (χ1n) is 10.1. The molecule has 0 unspecified atom stereocenters. The summed E-state index contributed by atoms with van der Waals surface area (Å²) < 4.78 is 47.9. The SMILES string of the molecule is COc1ccc([C@H](C)NC(=O)[C@H](C)N(c2ccc3c(c2)OCCO3)S(C)(=O)=O)cc1OC. The van der Waals surface area contributed by atoms with Crippen LogP contribution < -0.4 is 28.6 Å². The van der Waals surface area contributed by atoms with Gasteiger partial charge in [-0.1, -0.05) is 6.07 Å². The highest BCUT2D eigenvalue weighted by Crippen LogP contribution is 2.35. The fourth-order valence-corrected chi connectivity index (χ4v) is 4.68. The van der Waals surface area contributed by atoms with Crippen LogP contribution in [0.2, 0.25) is 0 Å². The third-order valence-corrected chi connectivity index (χ3v) is 6.38. The zero-order valence-corrected chi connectivity index (χ0v) is 19.6. The summed E-state index contributed by atoms with van der Waals surface area (Å²) in [5.41, 5.74) is 1.10. The Morgan fingerprint density at radius 3 is 2.28 bits per heavy atom. The number of nitrogens with zero attached hydrogens (tertiary/aromatic N) is 1. The zero-order valence-electron chi connectivity index (χ0n) is 18.7. The number of anilines is 1. The Morgan fingerprint density at radius 1 is 1.00 bits per heavy atom.